The van der Waals surface area contributed by atoms with E-state index in [1.165, 1.54) is 0 Å². The summed E-state index contributed by atoms with van der Waals surface area (Å²) in [6.45, 7) is 6.70. The molecule has 4 N–H and O–H groups in total. The van der Waals surface area contributed by atoms with Crippen LogP contribution in [0.4, 0.5) is 11.8 Å². The number of imidazole rings is 1. The smallest absolute Gasteiger partial charge is 0.244 e. The molecule has 0 saturated carbocycles. The van der Waals surface area contributed by atoms with E-state index in [9.17, 15) is 8.42 Å². The van der Waals surface area contributed by atoms with Crippen LogP contribution in [-0.4, -0.2) is 49.9 Å². The van der Waals surface area contributed by atoms with Crippen LogP contribution in [0.1, 0.15) is 26.3 Å². The van der Waals surface area contributed by atoms with Gasteiger partial charge in [-0.3, -0.25) is 0 Å². The van der Waals surface area contributed by atoms with Gasteiger partial charge in [0.05, 0.1) is 23.1 Å². The number of anilines is 2. The number of nitrogens with two attached hydrogens (primary N) is 2. The van der Waals surface area contributed by atoms with Crippen LogP contribution in [-0.2, 0) is 22.0 Å². The minimum absolute atomic E-state index is 0.0393. The van der Waals surface area contributed by atoms with Crippen molar-refractivity contribution in [2.24, 2.45) is 0 Å². The highest BCUT2D eigenvalue weighted by Gasteiger charge is 2.36. The molecular formula is C19H25N7O2S2. The van der Waals surface area contributed by atoms with Crippen LogP contribution in [0.25, 0.3) is 11.2 Å². The van der Waals surface area contributed by atoms with Crippen LogP contribution in [0, 0.1) is 0 Å². The number of hydrogen-bond donors (Lipinski definition) is 2. The summed E-state index contributed by atoms with van der Waals surface area (Å²) in [5.74, 6) is 1.35. The first-order chi connectivity index (χ1) is 14.1. The monoisotopic (exact) mass is 447 g/mol. The standard InChI is InChI=1S/C19H25N7O2S2/c1-19(2,3)12-4-6-14(7-5-12)30(27,28)26-11-29-9-13(26)8-25-10-22-15-16(20)23-18(21)24-17(15)25/h4-7,10,13H,8-9,11H2,1-3H3,(H4,20,21,23,24). The molecule has 11 heteroatoms. The van der Waals surface area contributed by atoms with E-state index in [4.69, 9.17) is 11.5 Å². The van der Waals surface area contributed by atoms with Crippen molar-refractivity contribution in [2.75, 3.05) is 23.1 Å². The van der Waals surface area contributed by atoms with Gasteiger partial charge in [-0.2, -0.15) is 14.3 Å². The third kappa shape index (κ3) is 3.72. The zero-order valence-electron chi connectivity index (χ0n) is 17.1. The average molecular weight is 448 g/mol. The highest BCUT2D eigenvalue weighted by Crippen LogP contribution is 2.31. The Morgan fingerprint density at radius 2 is 1.87 bits per heavy atom. The summed E-state index contributed by atoms with van der Waals surface area (Å²) in [7, 11) is -3.63. The van der Waals surface area contributed by atoms with Gasteiger partial charge in [0.2, 0.25) is 16.0 Å². The van der Waals surface area contributed by atoms with E-state index in [0.717, 1.165) is 5.56 Å². The molecular weight excluding hydrogens is 422 g/mol. The topological polar surface area (TPSA) is 133 Å². The third-order valence-electron chi connectivity index (χ3n) is 5.18. The second kappa shape index (κ2) is 7.40. The fourth-order valence-corrected chi connectivity index (χ4v) is 6.69. The summed E-state index contributed by atoms with van der Waals surface area (Å²) in [6.07, 6.45) is 1.60. The van der Waals surface area contributed by atoms with E-state index < -0.39 is 10.0 Å². The van der Waals surface area contributed by atoms with E-state index in [1.54, 1.807) is 39.1 Å². The van der Waals surface area contributed by atoms with Crippen LogP contribution < -0.4 is 11.5 Å². The van der Waals surface area contributed by atoms with E-state index in [0.29, 0.717) is 34.2 Å². The highest BCUT2D eigenvalue weighted by molar-refractivity contribution is 8.00. The van der Waals surface area contributed by atoms with Gasteiger partial charge in [0.15, 0.2) is 11.5 Å². The average Bonchev–Trinajstić information content (AvgIpc) is 3.29. The Hall–Kier alpha value is -2.37. The molecule has 1 unspecified atom stereocenters. The van der Waals surface area contributed by atoms with Gasteiger partial charge in [0.25, 0.3) is 0 Å². The quantitative estimate of drug-likeness (QED) is 0.621. The number of aromatic nitrogens is 4. The Morgan fingerprint density at radius 3 is 2.53 bits per heavy atom. The highest BCUT2D eigenvalue weighted by atomic mass is 32.2. The van der Waals surface area contributed by atoms with Crippen molar-refractivity contribution in [2.45, 2.75) is 43.7 Å². The molecule has 1 saturated heterocycles. The summed E-state index contributed by atoms with van der Waals surface area (Å²) < 4.78 is 30.0. The molecule has 2 aromatic heterocycles. The van der Waals surface area contributed by atoms with Crippen LogP contribution in [0.3, 0.4) is 0 Å². The number of hydrogen-bond acceptors (Lipinski definition) is 8. The zero-order valence-corrected chi connectivity index (χ0v) is 18.7. The molecule has 0 radical (unpaired) electrons. The predicted octanol–water partition coefficient (Wildman–Crippen LogP) is 2.05. The number of fused-ring (bicyclic) bond motifs is 1. The first kappa shape index (κ1) is 20.9. The van der Waals surface area contributed by atoms with Crippen LogP contribution in [0.2, 0.25) is 0 Å². The van der Waals surface area contributed by atoms with Gasteiger partial charge >= 0.3 is 0 Å². The minimum Gasteiger partial charge on any atom is -0.382 e. The number of thioether (sulfide) groups is 1. The largest absolute Gasteiger partial charge is 0.382 e. The molecule has 1 aromatic carbocycles. The molecule has 0 spiro atoms. The van der Waals surface area contributed by atoms with Gasteiger partial charge in [-0.25, -0.2) is 13.4 Å². The molecule has 160 valence electrons. The first-order valence-electron chi connectivity index (χ1n) is 9.51. The molecule has 1 aliphatic rings. The van der Waals surface area contributed by atoms with Gasteiger partial charge in [-0.15, -0.1) is 11.8 Å². The Balaban J connectivity index is 1.62. The Kier molecular flexibility index (Phi) is 5.15. The lowest BCUT2D eigenvalue weighted by atomic mass is 9.87. The fraction of sp³-hybridized carbons (Fsp3) is 0.421. The van der Waals surface area contributed by atoms with Crippen molar-refractivity contribution in [1.29, 1.82) is 0 Å². The molecule has 0 amide bonds. The van der Waals surface area contributed by atoms with Crippen LogP contribution in [0.5, 0.6) is 0 Å². The first-order valence-corrected chi connectivity index (χ1v) is 12.1. The van der Waals surface area contributed by atoms with Crippen molar-refractivity contribution in [1.82, 2.24) is 23.8 Å². The fourth-order valence-electron chi connectivity index (χ4n) is 3.48. The van der Waals surface area contributed by atoms with E-state index >= 15 is 0 Å². The molecule has 9 nitrogen and oxygen atoms in total. The Bertz CT molecular complexity index is 1180. The summed E-state index contributed by atoms with van der Waals surface area (Å²) in [4.78, 5) is 12.7. The van der Waals surface area contributed by atoms with Crippen LogP contribution >= 0.6 is 11.8 Å². The second-order valence-electron chi connectivity index (χ2n) is 8.36. The van der Waals surface area contributed by atoms with Gasteiger partial charge < -0.3 is 16.0 Å². The molecule has 1 fully saturated rings. The number of benzene rings is 1. The molecule has 3 aromatic rings. The molecule has 4 rings (SSSR count). The van der Waals surface area contributed by atoms with Crippen molar-refractivity contribution >= 4 is 44.7 Å². The Morgan fingerprint density at radius 1 is 1.17 bits per heavy atom. The number of rotatable bonds is 4. The molecule has 0 bridgehead atoms. The predicted molar refractivity (Wildman–Crippen MR) is 119 cm³/mol. The van der Waals surface area contributed by atoms with Crippen molar-refractivity contribution in [3.05, 3.63) is 36.2 Å². The second-order valence-corrected chi connectivity index (χ2v) is 11.2. The maximum Gasteiger partial charge on any atom is 0.244 e. The van der Waals surface area contributed by atoms with Gasteiger partial charge in [-0.1, -0.05) is 32.9 Å². The lowest BCUT2D eigenvalue weighted by Gasteiger charge is -2.24. The number of sulfonamides is 1. The van der Waals surface area contributed by atoms with E-state index in [-0.39, 0.29) is 23.2 Å². The van der Waals surface area contributed by atoms with Crippen molar-refractivity contribution in [3.63, 3.8) is 0 Å². The lowest BCUT2D eigenvalue weighted by Crippen LogP contribution is -2.39. The van der Waals surface area contributed by atoms with Gasteiger partial charge in [0, 0.05) is 12.3 Å². The molecule has 1 atom stereocenters. The minimum atomic E-state index is -3.63. The molecule has 1 aliphatic heterocycles. The van der Waals surface area contributed by atoms with Gasteiger partial charge in [-0.05, 0) is 23.1 Å². The lowest BCUT2D eigenvalue weighted by molar-refractivity contribution is 0.365. The maximum absolute atomic E-state index is 13.3. The molecule has 3 heterocycles. The Labute approximate surface area is 179 Å². The normalized spacial score (nSPS) is 18.3. The zero-order chi connectivity index (χ0) is 21.7. The SMILES string of the molecule is CC(C)(C)c1ccc(S(=O)(=O)N2CSCC2Cn2cnc3c(N)nc(N)nc32)cc1. The third-order valence-corrected chi connectivity index (χ3v) is 8.34. The van der Waals surface area contributed by atoms with E-state index in [2.05, 4.69) is 35.7 Å². The number of nitrogen functional groups attached to an aromatic ring is 2. The molecule has 0 aliphatic carbocycles. The van der Waals surface area contributed by atoms with Crippen LogP contribution in [0.15, 0.2) is 35.5 Å². The number of nitrogens with zero attached hydrogens (tertiary/aromatic N) is 5. The van der Waals surface area contributed by atoms with E-state index in [1.807, 2.05) is 12.1 Å². The van der Waals surface area contributed by atoms with Crippen molar-refractivity contribution in [3.8, 4) is 0 Å². The van der Waals surface area contributed by atoms with Gasteiger partial charge in [0.1, 0.15) is 5.52 Å². The summed E-state index contributed by atoms with van der Waals surface area (Å²) in [6, 6.07) is 6.92. The summed E-state index contributed by atoms with van der Waals surface area (Å²) in [5.41, 5.74) is 13.6. The maximum atomic E-state index is 13.3. The molecule has 30 heavy (non-hydrogen) atoms. The summed E-state index contributed by atoms with van der Waals surface area (Å²) >= 11 is 1.58. The summed E-state index contributed by atoms with van der Waals surface area (Å²) in [5, 5.41) is 0. The van der Waals surface area contributed by atoms with Crippen molar-refractivity contribution < 1.29 is 8.42 Å².